The van der Waals surface area contributed by atoms with Gasteiger partial charge in [-0.25, -0.2) is 0 Å². The van der Waals surface area contributed by atoms with Crippen LogP contribution in [0.2, 0.25) is 0 Å². The number of carbonyl (C=O) groups is 1. The van der Waals surface area contributed by atoms with Crippen LogP contribution >= 0.6 is 0 Å². The Morgan fingerprint density at radius 2 is 0.871 bits per heavy atom. The van der Waals surface area contributed by atoms with Crippen molar-refractivity contribution >= 4 is 5.97 Å². The highest BCUT2D eigenvalue weighted by atomic mass is 16.7. The number of methoxy groups -OCH3 is 1. The standard InChI is InChI=1S/C50H56O12/c1-35(51)60-48-45(56-30-38-22-12-5-13-23-38)43(52)41(33-54-28-36-18-8-3-9-19-36)61-50(48)59-34-42-44(55-29-37-20-10-4-11-21-37)46(57-31-39-24-14-6-15-25-39)47(49(53-2)62-42)58-32-40-26-16-7-17-27-40/h3-27,41-50,52H,28-34H2,1-2H3/t41?,42?,43-,44-,45?,46?,47?,48?,49+,50+/m1/s1. The van der Waals surface area contributed by atoms with Crippen LogP contribution in [0.3, 0.4) is 0 Å². The van der Waals surface area contributed by atoms with E-state index in [1.165, 1.54) is 6.92 Å². The summed E-state index contributed by atoms with van der Waals surface area (Å²) in [6.07, 6.45) is -9.52. The quantitative estimate of drug-likeness (QED) is 0.0768. The number of aliphatic hydroxyl groups excluding tert-OH is 1. The Morgan fingerprint density at radius 1 is 0.468 bits per heavy atom. The van der Waals surface area contributed by atoms with Crippen molar-refractivity contribution in [3.8, 4) is 0 Å². The molecule has 2 aliphatic heterocycles. The topological polar surface area (TPSA) is 130 Å². The number of hydrogen-bond donors (Lipinski definition) is 1. The van der Waals surface area contributed by atoms with E-state index in [1.54, 1.807) is 7.11 Å². The number of rotatable bonds is 21. The highest BCUT2D eigenvalue weighted by molar-refractivity contribution is 5.66. The van der Waals surface area contributed by atoms with Crippen molar-refractivity contribution in [3.05, 3.63) is 179 Å². The van der Waals surface area contributed by atoms with Crippen molar-refractivity contribution in [1.29, 1.82) is 0 Å². The van der Waals surface area contributed by atoms with Gasteiger partial charge in [0.2, 0.25) is 0 Å². The molecule has 0 radical (unpaired) electrons. The van der Waals surface area contributed by atoms with Crippen LogP contribution in [-0.2, 0) is 85.2 Å². The number of benzene rings is 5. The average molecular weight is 849 g/mol. The van der Waals surface area contributed by atoms with Crippen molar-refractivity contribution in [1.82, 2.24) is 0 Å². The molecule has 12 heteroatoms. The minimum atomic E-state index is -1.25. The normalized spacial score (nSPS) is 26.2. The summed E-state index contributed by atoms with van der Waals surface area (Å²) in [6, 6.07) is 48.8. The molecule has 6 unspecified atom stereocenters. The molecule has 0 spiro atoms. The van der Waals surface area contributed by atoms with Crippen LogP contribution in [-0.4, -0.2) is 92.8 Å². The van der Waals surface area contributed by atoms with Crippen molar-refractivity contribution in [2.45, 2.75) is 101 Å². The fraction of sp³-hybridized carbons (Fsp3) is 0.380. The molecule has 0 bridgehead atoms. The highest BCUT2D eigenvalue weighted by Gasteiger charge is 2.52. The van der Waals surface area contributed by atoms with Gasteiger partial charge in [-0.15, -0.1) is 0 Å². The Bertz CT molecular complexity index is 2010. The van der Waals surface area contributed by atoms with Gasteiger partial charge < -0.3 is 52.5 Å². The van der Waals surface area contributed by atoms with Gasteiger partial charge in [0.1, 0.15) is 42.7 Å². The fourth-order valence-corrected chi connectivity index (χ4v) is 7.56. The Kier molecular flexibility index (Phi) is 17.2. The largest absolute Gasteiger partial charge is 0.454 e. The first-order valence-corrected chi connectivity index (χ1v) is 21.0. The van der Waals surface area contributed by atoms with Crippen LogP contribution in [0.4, 0.5) is 0 Å². The fourth-order valence-electron chi connectivity index (χ4n) is 7.56. The molecule has 2 heterocycles. The van der Waals surface area contributed by atoms with Gasteiger partial charge in [0, 0.05) is 14.0 Å². The van der Waals surface area contributed by atoms with Gasteiger partial charge in [-0.05, 0) is 27.8 Å². The van der Waals surface area contributed by atoms with Crippen LogP contribution in [0.25, 0.3) is 0 Å². The summed E-state index contributed by atoms with van der Waals surface area (Å²) in [4.78, 5) is 12.7. The Labute approximate surface area is 363 Å². The number of aliphatic hydroxyl groups is 1. The lowest BCUT2D eigenvalue weighted by atomic mass is 9.97. The van der Waals surface area contributed by atoms with Gasteiger partial charge in [-0.2, -0.15) is 0 Å². The van der Waals surface area contributed by atoms with Crippen LogP contribution < -0.4 is 0 Å². The molecule has 5 aromatic carbocycles. The predicted molar refractivity (Wildman–Crippen MR) is 228 cm³/mol. The van der Waals surface area contributed by atoms with Crippen LogP contribution in [0.15, 0.2) is 152 Å². The highest BCUT2D eigenvalue weighted by Crippen LogP contribution is 2.33. The monoisotopic (exact) mass is 848 g/mol. The third kappa shape index (κ3) is 12.9. The average Bonchev–Trinajstić information content (AvgIpc) is 3.31. The molecular formula is C50H56O12. The van der Waals surface area contributed by atoms with Crippen LogP contribution in [0, 0.1) is 0 Å². The Morgan fingerprint density at radius 3 is 1.32 bits per heavy atom. The molecular weight excluding hydrogens is 793 g/mol. The van der Waals surface area contributed by atoms with E-state index in [0.717, 1.165) is 27.8 Å². The lowest BCUT2D eigenvalue weighted by Crippen LogP contribution is -2.63. The zero-order valence-corrected chi connectivity index (χ0v) is 35.1. The second-order valence-electron chi connectivity index (χ2n) is 15.3. The molecule has 2 fully saturated rings. The first kappa shape index (κ1) is 45.2. The van der Waals surface area contributed by atoms with Gasteiger partial charge >= 0.3 is 5.97 Å². The van der Waals surface area contributed by atoms with Gasteiger partial charge in [0.05, 0.1) is 46.2 Å². The maximum atomic E-state index is 12.7. The Balaban J connectivity index is 1.16. The second-order valence-corrected chi connectivity index (χ2v) is 15.3. The minimum absolute atomic E-state index is 0.00175. The summed E-state index contributed by atoms with van der Waals surface area (Å²) >= 11 is 0. The molecule has 5 aromatic rings. The molecule has 0 amide bonds. The maximum absolute atomic E-state index is 12.7. The first-order valence-electron chi connectivity index (χ1n) is 21.0. The first-order chi connectivity index (χ1) is 30.4. The smallest absolute Gasteiger partial charge is 0.303 e. The van der Waals surface area contributed by atoms with Crippen molar-refractivity contribution in [2.24, 2.45) is 0 Å². The van der Waals surface area contributed by atoms with Crippen molar-refractivity contribution < 1.29 is 57.3 Å². The summed E-state index contributed by atoms with van der Waals surface area (Å²) in [7, 11) is 1.55. The summed E-state index contributed by atoms with van der Waals surface area (Å²) in [5, 5.41) is 11.8. The molecule has 0 aromatic heterocycles. The zero-order valence-electron chi connectivity index (χ0n) is 35.1. The molecule has 0 aliphatic carbocycles. The van der Waals surface area contributed by atoms with E-state index in [9.17, 15) is 9.90 Å². The van der Waals surface area contributed by atoms with E-state index < -0.39 is 67.4 Å². The summed E-state index contributed by atoms with van der Waals surface area (Å²) in [5.41, 5.74) is 4.70. The second kappa shape index (κ2) is 23.6. The van der Waals surface area contributed by atoms with E-state index in [0.29, 0.717) is 0 Å². The van der Waals surface area contributed by atoms with Gasteiger partial charge in [-0.3, -0.25) is 4.79 Å². The maximum Gasteiger partial charge on any atom is 0.303 e. The Hall–Kier alpha value is -4.83. The van der Waals surface area contributed by atoms with E-state index in [2.05, 4.69) is 0 Å². The SMILES string of the molecule is CO[C@H]1OC(CO[C@H]2OC(COCc3ccccc3)[C@@H](O)C(OCc3ccccc3)C2OC(C)=O)[C@@H](OCc2ccccc2)C(OCc2ccccc2)C1OCc1ccccc1. The van der Waals surface area contributed by atoms with Gasteiger partial charge in [0.15, 0.2) is 18.7 Å². The van der Waals surface area contributed by atoms with Crippen molar-refractivity contribution in [2.75, 3.05) is 20.3 Å². The lowest BCUT2D eigenvalue weighted by Gasteiger charge is -2.47. The third-order valence-electron chi connectivity index (χ3n) is 10.7. The summed E-state index contributed by atoms with van der Waals surface area (Å²) < 4.78 is 64.1. The van der Waals surface area contributed by atoms with E-state index in [1.807, 2.05) is 152 Å². The third-order valence-corrected chi connectivity index (χ3v) is 10.7. The van der Waals surface area contributed by atoms with Crippen LogP contribution in [0.5, 0.6) is 0 Å². The molecule has 62 heavy (non-hydrogen) atoms. The summed E-state index contributed by atoms with van der Waals surface area (Å²) in [6.45, 7) is 2.34. The molecule has 12 nitrogen and oxygen atoms in total. The lowest BCUT2D eigenvalue weighted by molar-refractivity contribution is -0.344. The van der Waals surface area contributed by atoms with Crippen LogP contribution in [0.1, 0.15) is 34.7 Å². The van der Waals surface area contributed by atoms with Gasteiger partial charge in [0.25, 0.3) is 0 Å². The minimum Gasteiger partial charge on any atom is -0.454 e. The number of hydrogen-bond acceptors (Lipinski definition) is 12. The van der Waals surface area contributed by atoms with E-state index >= 15 is 0 Å². The van der Waals surface area contributed by atoms with E-state index in [4.69, 9.17) is 47.4 Å². The van der Waals surface area contributed by atoms with Gasteiger partial charge in [-0.1, -0.05) is 152 Å². The molecule has 7 rings (SSSR count). The molecule has 2 saturated heterocycles. The van der Waals surface area contributed by atoms with Crippen molar-refractivity contribution in [3.63, 3.8) is 0 Å². The summed E-state index contributed by atoms with van der Waals surface area (Å²) in [5.74, 6) is -0.600. The molecule has 2 aliphatic rings. The molecule has 0 saturated carbocycles. The predicted octanol–water partition coefficient (Wildman–Crippen LogP) is 6.95. The number of ether oxygens (including phenoxy) is 10. The van der Waals surface area contributed by atoms with E-state index in [-0.39, 0.29) is 46.2 Å². The number of carbonyl (C=O) groups excluding carboxylic acids is 1. The molecule has 328 valence electrons. The molecule has 10 atom stereocenters. The zero-order chi connectivity index (χ0) is 42.9. The number of esters is 1. The molecule has 1 N–H and O–H groups in total.